The third kappa shape index (κ3) is 3.13. The molecule has 0 fully saturated rings. The van der Waals surface area contributed by atoms with Gasteiger partial charge in [-0.2, -0.15) is 0 Å². The van der Waals surface area contributed by atoms with Crippen LogP contribution in [0.15, 0.2) is 18.2 Å². The van der Waals surface area contributed by atoms with Crippen molar-refractivity contribution < 1.29 is 19.4 Å². The predicted octanol–water partition coefficient (Wildman–Crippen LogP) is 1.02. The zero-order valence-electron chi connectivity index (χ0n) is 9.32. The first kappa shape index (κ1) is 12.3. The van der Waals surface area contributed by atoms with Gasteiger partial charge in [-0.05, 0) is 12.1 Å². The first-order valence-electron chi connectivity index (χ1n) is 4.84. The van der Waals surface area contributed by atoms with Crippen LogP contribution in [0.4, 0.5) is 5.69 Å². The van der Waals surface area contributed by atoms with Gasteiger partial charge in [0.1, 0.15) is 11.5 Å². The van der Waals surface area contributed by atoms with Crippen LogP contribution in [0.5, 0.6) is 11.5 Å². The van der Waals surface area contributed by atoms with Crippen LogP contribution in [-0.4, -0.2) is 31.8 Å². The van der Waals surface area contributed by atoms with Crippen LogP contribution in [0, 0.1) is 0 Å². The molecule has 0 unspecified atom stereocenters. The first-order valence-corrected chi connectivity index (χ1v) is 4.84. The molecule has 0 aliphatic rings. The van der Waals surface area contributed by atoms with E-state index in [0.29, 0.717) is 17.2 Å². The Labute approximate surface area is 94.0 Å². The van der Waals surface area contributed by atoms with Gasteiger partial charge in [0.05, 0.1) is 32.9 Å². The molecule has 1 rings (SSSR count). The average Bonchev–Trinajstić information content (AvgIpc) is 2.29. The topological polar surface area (TPSA) is 67.8 Å². The highest BCUT2D eigenvalue weighted by Gasteiger charge is 2.08. The molecule has 5 heteroatoms. The molecule has 2 N–H and O–H groups in total. The van der Waals surface area contributed by atoms with E-state index in [-0.39, 0.29) is 18.9 Å². The minimum atomic E-state index is -0.269. The third-order valence-corrected chi connectivity index (χ3v) is 2.02. The lowest BCUT2D eigenvalue weighted by Gasteiger charge is -2.11. The van der Waals surface area contributed by atoms with Gasteiger partial charge in [0.25, 0.3) is 0 Å². The molecular weight excluding hydrogens is 210 g/mol. The third-order valence-electron chi connectivity index (χ3n) is 2.02. The number of hydrogen-bond acceptors (Lipinski definition) is 4. The maximum absolute atomic E-state index is 11.3. The maximum atomic E-state index is 11.3. The second kappa shape index (κ2) is 5.97. The highest BCUT2D eigenvalue weighted by molar-refractivity contribution is 5.92. The van der Waals surface area contributed by atoms with Gasteiger partial charge in [0, 0.05) is 6.07 Å². The number of carbonyl (C=O) groups excluding carboxylic acids is 1. The Bertz CT molecular complexity index is 365. The van der Waals surface area contributed by atoms with E-state index in [2.05, 4.69) is 5.32 Å². The predicted molar refractivity (Wildman–Crippen MR) is 59.9 cm³/mol. The number of rotatable bonds is 5. The number of nitrogens with one attached hydrogen (secondary N) is 1. The van der Waals surface area contributed by atoms with Crippen molar-refractivity contribution >= 4 is 11.6 Å². The fourth-order valence-corrected chi connectivity index (χ4v) is 1.23. The summed E-state index contributed by atoms with van der Waals surface area (Å²) in [5.41, 5.74) is 0.528. The molecule has 0 bridgehead atoms. The van der Waals surface area contributed by atoms with E-state index < -0.39 is 0 Å². The smallest absolute Gasteiger partial charge is 0.226 e. The Balaban J connectivity index is 2.86. The molecule has 1 aromatic rings. The first-order chi connectivity index (χ1) is 7.71. The molecule has 0 radical (unpaired) electrons. The van der Waals surface area contributed by atoms with Crippen molar-refractivity contribution in [2.45, 2.75) is 6.42 Å². The van der Waals surface area contributed by atoms with Gasteiger partial charge in [-0.1, -0.05) is 0 Å². The molecule has 0 heterocycles. The summed E-state index contributed by atoms with van der Waals surface area (Å²) >= 11 is 0. The number of methoxy groups -OCH3 is 2. The van der Waals surface area contributed by atoms with Crippen LogP contribution in [0.1, 0.15) is 6.42 Å². The van der Waals surface area contributed by atoms with Crippen molar-refractivity contribution in [2.24, 2.45) is 0 Å². The number of carbonyl (C=O) groups is 1. The summed E-state index contributed by atoms with van der Waals surface area (Å²) in [6, 6.07) is 5.10. The number of hydrogen-bond donors (Lipinski definition) is 2. The number of ether oxygens (including phenoxy) is 2. The number of benzene rings is 1. The zero-order chi connectivity index (χ0) is 12.0. The fourth-order valence-electron chi connectivity index (χ4n) is 1.23. The summed E-state index contributed by atoms with van der Waals surface area (Å²) < 4.78 is 10.1. The van der Waals surface area contributed by atoms with E-state index in [1.807, 2.05) is 0 Å². The van der Waals surface area contributed by atoms with Crippen LogP contribution >= 0.6 is 0 Å². The van der Waals surface area contributed by atoms with E-state index in [0.717, 1.165) is 0 Å². The molecule has 5 nitrogen and oxygen atoms in total. The Hall–Kier alpha value is -1.75. The van der Waals surface area contributed by atoms with Crippen LogP contribution < -0.4 is 14.8 Å². The SMILES string of the molecule is COc1ccc(OC)c(NC(=O)CCO)c1. The summed E-state index contributed by atoms with van der Waals surface area (Å²) in [7, 11) is 3.06. The van der Waals surface area contributed by atoms with Crippen molar-refractivity contribution in [1.82, 2.24) is 0 Å². The van der Waals surface area contributed by atoms with Gasteiger partial charge in [-0.3, -0.25) is 4.79 Å². The van der Waals surface area contributed by atoms with Crippen molar-refractivity contribution in [3.8, 4) is 11.5 Å². The molecule has 16 heavy (non-hydrogen) atoms. The lowest BCUT2D eigenvalue weighted by Crippen LogP contribution is -2.13. The van der Waals surface area contributed by atoms with Crippen LogP contribution in [0.2, 0.25) is 0 Å². The molecular formula is C11H15NO4. The number of anilines is 1. The van der Waals surface area contributed by atoms with Gasteiger partial charge in [0.15, 0.2) is 0 Å². The quantitative estimate of drug-likeness (QED) is 0.785. The number of amides is 1. The molecule has 0 aliphatic heterocycles. The van der Waals surface area contributed by atoms with Gasteiger partial charge in [0.2, 0.25) is 5.91 Å². The van der Waals surface area contributed by atoms with E-state index in [9.17, 15) is 4.79 Å². The molecule has 0 saturated heterocycles. The highest BCUT2D eigenvalue weighted by Crippen LogP contribution is 2.28. The summed E-state index contributed by atoms with van der Waals surface area (Å²) in [5, 5.41) is 11.3. The second-order valence-corrected chi connectivity index (χ2v) is 3.09. The van der Waals surface area contributed by atoms with Gasteiger partial charge < -0.3 is 19.9 Å². The van der Waals surface area contributed by atoms with Crippen molar-refractivity contribution in [3.05, 3.63) is 18.2 Å². The van der Waals surface area contributed by atoms with E-state index in [1.54, 1.807) is 25.3 Å². The van der Waals surface area contributed by atoms with Crippen molar-refractivity contribution in [2.75, 3.05) is 26.1 Å². The van der Waals surface area contributed by atoms with E-state index >= 15 is 0 Å². The summed E-state index contributed by atoms with van der Waals surface area (Å²) in [5.74, 6) is 0.904. The van der Waals surface area contributed by atoms with Crippen LogP contribution in [0.25, 0.3) is 0 Å². The fraction of sp³-hybridized carbons (Fsp3) is 0.364. The van der Waals surface area contributed by atoms with E-state index in [1.165, 1.54) is 7.11 Å². The second-order valence-electron chi connectivity index (χ2n) is 3.09. The standard InChI is InChI=1S/C11H15NO4/c1-15-8-3-4-10(16-2)9(7-8)12-11(14)5-6-13/h3-4,7,13H,5-6H2,1-2H3,(H,12,14). The summed E-state index contributed by atoms with van der Waals surface area (Å²) in [6.45, 7) is -0.182. The van der Waals surface area contributed by atoms with Gasteiger partial charge >= 0.3 is 0 Å². The van der Waals surface area contributed by atoms with Crippen molar-refractivity contribution in [3.63, 3.8) is 0 Å². The number of aliphatic hydroxyl groups excluding tert-OH is 1. The lowest BCUT2D eigenvalue weighted by atomic mass is 10.2. The Kier molecular flexibility index (Phi) is 4.60. The number of aliphatic hydroxyl groups is 1. The zero-order valence-corrected chi connectivity index (χ0v) is 9.32. The normalized spacial score (nSPS) is 9.69. The van der Waals surface area contributed by atoms with Crippen molar-refractivity contribution in [1.29, 1.82) is 0 Å². The molecule has 0 spiro atoms. The van der Waals surface area contributed by atoms with Crippen LogP contribution in [-0.2, 0) is 4.79 Å². The maximum Gasteiger partial charge on any atom is 0.226 e. The Morgan fingerprint density at radius 1 is 1.38 bits per heavy atom. The molecule has 88 valence electrons. The largest absolute Gasteiger partial charge is 0.497 e. The molecule has 0 atom stereocenters. The molecule has 1 amide bonds. The monoisotopic (exact) mass is 225 g/mol. The minimum absolute atomic E-state index is 0.0559. The van der Waals surface area contributed by atoms with Gasteiger partial charge in [-0.25, -0.2) is 0 Å². The minimum Gasteiger partial charge on any atom is -0.497 e. The molecule has 0 aliphatic carbocycles. The summed E-state index contributed by atoms with van der Waals surface area (Å²) in [6.07, 6.45) is 0.0559. The molecule has 1 aromatic carbocycles. The molecule has 0 aromatic heterocycles. The average molecular weight is 225 g/mol. The summed E-state index contributed by atoms with van der Waals surface area (Å²) in [4.78, 5) is 11.3. The highest BCUT2D eigenvalue weighted by atomic mass is 16.5. The van der Waals surface area contributed by atoms with E-state index in [4.69, 9.17) is 14.6 Å². The van der Waals surface area contributed by atoms with Crippen LogP contribution in [0.3, 0.4) is 0 Å². The van der Waals surface area contributed by atoms with Gasteiger partial charge in [-0.15, -0.1) is 0 Å². The molecule has 0 saturated carbocycles. The lowest BCUT2D eigenvalue weighted by molar-refractivity contribution is -0.116. The Morgan fingerprint density at radius 3 is 2.69 bits per heavy atom. The Morgan fingerprint density at radius 2 is 2.12 bits per heavy atom.